The fourth-order valence-electron chi connectivity index (χ4n) is 1.94. The Bertz CT molecular complexity index is 255. The molecule has 114 valence electrons. The summed E-state index contributed by atoms with van der Waals surface area (Å²) >= 11 is 0. The third kappa shape index (κ3) is 12.0. The topological polar surface area (TPSA) is 55.1 Å². The van der Waals surface area contributed by atoms with Crippen molar-refractivity contribution in [2.75, 3.05) is 13.1 Å². The molecule has 3 N–H and O–H groups in total. The summed E-state index contributed by atoms with van der Waals surface area (Å²) in [5.74, 6) is 0.506. The Morgan fingerprint density at radius 3 is 2.37 bits per heavy atom. The maximum absolute atomic E-state index is 11.9. The SMILES string of the molecule is CC(C)CC(CN)CC(=O)NCCCCC(F)(F)F. The van der Waals surface area contributed by atoms with Gasteiger partial charge in [0.05, 0.1) is 0 Å². The summed E-state index contributed by atoms with van der Waals surface area (Å²) in [5, 5.41) is 2.65. The van der Waals surface area contributed by atoms with Crippen LogP contribution in [0, 0.1) is 11.8 Å². The highest BCUT2D eigenvalue weighted by Crippen LogP contribution is 2.21. The van der Waals surface area contributed by atoms with Gasteiger partial charge in [-0.15, -0.1) is 0 Å². The predicted octanol–water partition coefficient (Wildman–Crippen LogP) is 2.85. The van der Waals surface area contributed by atoms with Crippen LogP contribution in [0.15, 0.2) is 0 Å². The number of amides is 1. The lowest BCUT2D eigenvalue weighted by molar-refractivity contribution is -0.135. The van der Waals surface area contributed by atoms with E-state index in [9.17, 15) is 18.0 Å². The molecular weight excluding hydrogens is 257 g/mol. The number of carbonyl (C=O) groups is 1. The van der Waals surface area contributed by atoms with Gasteiger partial charge in [-0.05, 0) is 37.6 Å². The Balaban J connectivity index is 3.68. The van der Waals surface area contributed by atoms with Gasteiger partial charge in [-0.1, -0.05) is 13.8 Å². The van der Waals surface area contributed by atoms with Crippen molar-refractivity contribution < 1.29 is 18.0 Å². The van der Waals surface area contributed by atoms with Crippen molar-refractivity contribution in [2.24, 2.45) is 17.6 Å². The monoisotopic (exact) mass is 282 g/mol. The molecule has 3 nitrogen and oxygen atoms in total. The van der Waals surface area contributed by atoms with Crippen LogP contribution < -0.4 is 11.1 Å². The Labute approximate surface area is 113 Å². The van der Waals surface area contributed by atoms with Crippen LogP contribution in [-0.2, 0) is 4.79 Å². The number of hydrogen-bond donors (Lipinski definition) is 2. The first-order chi connectivity index (χ1) is 8.74. The average Bonchev–Trinajstić information content (AvgIpc) is 2.25. The number of nitrogens with one attached hydrogen (secondary N) is 1. The van der Waals surface area contributed by atoms with E-state index in [1.165, 1.54) is 0 Å². The lowest BCUT2D eigenvalue weighted by atomic mass is 9.94. The quantitative estimate of drug-likeness (QED) is 0.639. The lowest BCUT2D eigenvalue weighted by Crippen LogP contribution is -2.29. The molecule has 0 heterocycles. The maximum atomic E-state index is 11.9. The van der Waals surface area contributed by atoms with Gasteiger partial charge in [0, 0.05) is 19.4 Å². The molecule has 0 radical (unpaired) electrons. The van der Waals surface area contributed by atoms with Crippen LogP contribution in [0.3, 0.4) is 0 Å². The van der Waals surface area contributed by atoms with E-state index in [0.29, 0.717) is 31.8 Å². The largest absolute Gasteiger partial charge is 0.389 e. The van der Waals surface area contributed by atoms with Gasteiger partial charge in [-0.25, -0.2) is 0 Å². The number of unbranched alkanes of at least 4 members (excludes halogenated alkanes) is 1. The van der Waals surface area contributed by atoms with Gasteiger partial charge in [-0.3, -0.25) is 4.79 Å². The van der Waals surface area contributed by atoms with Crippen molar-refractivity contribution in [1.82, 2.24) is 5.32 Å². The molecule has 0 spiro atoms. The Morgan fingerprint density at radius 2 is 1.89 bits per heavy atom. The lowest BCUT2D eigenvalue weighted by Gasteiger charge is -2.16. The molecule has 1 amide bonds. The summed E-state index contributed by atoms with van der Waals surface area (Å²) in [5.41, 5.74) is 5.59. The summed E-state index contributed by atoms with van der Waals surface area (Å²) in [7, 11) is 0. The number of alkyl halides is 3. The highest BCUT2D eigenvalue weighted by atomic mass is 19.4. The van der Waals surface area contributed by atoms with Gasteiger partial charge in [0.1, 0.15) is 0 Å². The van der Waals surface area contributed by atoms with Crippen LogP contribution in [0.4, 0.5) is 13.2 Å². The van der Waals surface area contributed by atoms with Gasteiger partial charge in [0.2, 0.25) is 5.91 Å². The molecule has 1 unspecified atom stereocenters. The molecule has 0 aliphatic heterocycles. The number of carbonyl (C=O) groups excluding carboxylic acids is 1. The molecule has 0 aromatic carbocycles. The van der Waals surface area contributed by atoms with E-state index >= 15 is 0 Å². The summed E-state index contributed by atoms with van der Waals surface area (Å²) in [6.07, 6.45) is -3.25. The molecule has 6 heteroatoms. The third-order valence-electron chi connectivity index (χ3n) is 2.82. The summed E-state index contributed by atoms with van der Waals surface area (Å²) in [6.45, 7) is 4.89. The van der Waals surface area contributed by atoms with E-state index in [1.807, 2.05) is 0 Å². The van der Waals surface area contributed by atoms with Crippen molar-refractivity contribution in [3.05, 3.63) is 0 Å². The Hall–Kier alpha value is -0.780. The normalized spacial score (nSPS) is 13.6. The zero-order chi connectivity index (χ0) is 14.9. The first kappa shape index (κ1) is 18.2. The smallest absolute Gasteiger partial charge is 0.356 e. The minimum absolute atomic E-state index is 0.0517. The van der Waals surface area contributed by atoms with E-state index in [0.717, 1.165) is 6.42 Å². The second-order valence-corrected chi connectivity index (χ2v) is 5.36. The van der Waals surface area contributed by atoms with E-state index in [4.69, 9.17) is 5.73 Å². The summed E-state index contributed by atoms with van der Waals surface area (Å²) in [6, 6.07) is 0. The minimum Gasteiger partial charge on any atom is -0.356 e. The molecule has 0 saturated heterocycles. The zero-order valence-electron chi connectivity index (χ0n) is 11.7. The Morgan fingerprint density at radius 1 is 1.26 bits per heavy atom. The molecule has 0 bridgehead atoms. The standard InChI is InChI=1S/C13H25F3N2O/c1-10(2)7-11(9-17)8-12(19)18-6-4-3-5-13(14,15)16/h10-11H,3-9,17H2,1-2H3,(H,18,19). The fourth-order valence-corrected chi connectivity index (χ4v) is 1.94. The van der Waals surface area contributed by atoms with Gasteiger partial charge < -0.3 is 11.1 Å². The van der Waals surface area contributed by atoms with Crippen LogP contribution >= 0.6 is 0 Å². The predicted molar refractivity (Wildman–Crippen MR) is 69.5 cm³/mol. The maximum Gasteiger partial charge on any atom is 0.389 e. The fraction of sp³-hybridized carbons (Fsp3) is 0.923. The summed E-state index contributed by atoms with van der Waals surface area (Å²) < 4.78 is 35.6. The van der Waals surface area contributed by atoms with Crippen molar-refractivity contribution >= 4 is 5.91 Å². The number of hydrogen-bond acceptors (Lipinski definition) is 2. The molecular formula is C13H25F3N2O. The first-order valence-corrected chi connectivity index (χ1v) is 6.78. The zero-order valence-corrected chi connectivity index (χ0v) is 11.7. The number of rotatable bonds is 9. The van der Waals surface area contributed by atoms with Gasteiger partial charge in [-0.2, -0.15) is 13.2 Å². The van der Waals surface area contributed by atoms with Gasteiger partial charge >= 0.3 is 6.18 Å². The Kier molecular flexibility index (Phi) is 8.80. The van der Waals surface area contributed by atoms with Crippen LogP contribution in [0.1, 0.15) is 46.0 Å². The average molecular weight is 282 g/mol. The van der Waals surface area contributed by atoms with Crippen molar-refractivity contribution in [3.63, 3.8) is 0 Å². The minimum atomic E-state index is -4.11. The highest BCUT2D eigenvalue weighted by molar-refractivity contribution is 5.76. The molecule has 0 rings (SSSR count). The summed E-state index contributed by atoms with van der Waals surface area (Å²) in [4.78, 5) is 11.6. The van der Waals surface area contributed by atoms with E-state index in [-0.39, 0.29) is 18.2 Å². The molecule has 19 heavy (non-hydrogen) atoms. The van der Waals surface area contributed by atoms with Gasteiger partial charge in [0.15, 0.2) is 0 Å². The van der Waals surface area contributed by atoms with Gasteiger partial charge in [0.25, 0.3) is 0 Å². The van der Waals surface area contributed by atoms with Crippen LogP contribution in [0.25, 0.3) is 0 Å². The van der Waals surface area contributed by atoms with Crippen LogP contribution in [0.5, 0.6) is 0 Å². The second kappa shape index (κ2) is 9.18. The van der Waals surface area contributed by atoms with E-state index in [2.05, 4.69) is 19.2 Å². The first-order valence-electron chi connectivity index (χ1n) is 6.78. The molecule has 0 aromatic rings. The number of nitrogens with two attached hydrogens (primary N) is 1. The highest BCUT2D eigenvalue weighted by Gasteiger charge is 2.25. The molecule has 1 atom stereocenters. The van der Waals surface area contributed by atoms with Crippen molar-refractivity contribution in [2.45, 2.75) is 52.1 Å². The van der Waals surface area contributed by atoms with Crippen molar-refractivity contribution in [3.8, 4) is 0 Å². The van der Waals surface area contributed by atoms with Crippen molar-refractivity contribution in [1.29, 1.82) is 0 Å². The second-order valence-electron chi connectivity index (χ2n) is 5.36. The van der Waals surface area contributed by atoms with Crippen LogP contribution in [-0.4, -0.2) is 25.2 Å². The molecule has 0 saturated carbocycles. The number of halogens is 3. The molecule has 0 aromatic heterocycles. The molecule has 0 aliphatic rings. The molecule has 0 fully saturated rings. The van der Waals surface area contributed by atoms with Crippen LogP contribution in [0.2, 0.25) is 0 Å². The third-order valence-corrected chi connectivity index (χ3v) is 2.82. The van der Waals surface area contributed by atoms with E-state index < -0.39 is 12.6 Å². The molecule has 0 aliphatic carbocycles. The van der Waals surface area contributed by atoms with E-state index in [1.54, 1.807) is 0 Å².